The van der Waals surface area contributed by atoms with Crippen LogP contribution in [0.4, 0.5) is 0 Å². The molecule has 0 spiro atoms. The van der Waals surface area contributed by atoms with Gasteiger partial charge in [0.05, 0.1) is 22.8 Å². The predicted molar refractivity (Wildman–Crippen MR) is 80.1 cm³/mol. The Hall–Kier alpha value is -3.57. The molecular weight excluding hydrogens is 274 g/mol. The largest absolute Gasteiger partial charge is 0.245 e. The van der Waals surface area contributed by atoms with Crippen LogP contribution in [-0.2, 0) is 0 Å². The van der Waals surface area contributed by atoms with Gasteiger partial charge in [-0.2, -0.15) is 10.5 Å². The molecule has 0 N–H and O–H groups in total. The maximum Gasteiger partial charge on any atom is 0.141 e. The summed E-state index contributed by atoms with van der Waals surface area (Å²) >= 11 is 0. The lowest BCUT2D eigenvalue weighted by atomic mass is 10.2. The molecule has 0 unspecified atom stereocenters. The van der Waals surface area contributed by atoms with Gasteiger partial charge in [0, 0.05) is 0 Å². The van der Waals surface area contributed by atoms with Crippen molar-refractivity contribution in [3.63, 3.8) is 0 Å². The first-order chi connectivity index (χ1) is 10.8. The number of hydrogen-bond donors (Lipinski definition) is 0. The first kappa shape index (κ1) is 13.4. The third-order valence-corrected chi connectivity index (χ3v) is 3.00. The Morgan fingerprint density at radius 1 is 0.545 bits per heavy atom. The first-order valence-corrected chi connectivity index (χ1v) is 6.52. The highest BCUT2D eigenvalue weighted by Gasteiger charge is 2.07. The van der Waals surface area contributed by atoms with Gasteiger partial charge >= 0.3 is 0 Å². The third-order valence-electron chi connectivity index (χ3n) is 3.00. The van der Waals surface area contributed by atoms with Gasteiger partial charge in [-0.15, -0.1) is 0 Å². The average molecular weight is 283 g/mol. The number of aromatic nitrogens is 3. The Morgan fingerprint density at radius 2 is 0.909 bits per heavy atom. The summed E-state index contributed by atoms with van der Waals surface area (Å²) in [6.45, 7) is 0. The summed E-state index contributed by atoms with van der Waals surface area (Å²) in [5.74, 6) is 0. The second-order valence-electron chi connectivity index (χ2n) is 4.45. The smallest absolute Gasteiger partial charge is 0.141 e. The molecule has 3 aromatic rings. The molecule has 3 rings (SSSR count). The SMILES string of the molecule is N#Cc1cccc(-c2cccc(-c3cccc(C#N)n3)n2)n1. The zero-order valence-electron chi connectivity index (χ0n) is 11.4. The van der Waals surface area contributed by atoms with Crippen molar-refractivity contribution < 1.29 is 0 Å². The van der Waals surface area contributed by atoms with Crippen molar-refractivity contribution in [2.24, 2.45) is 0 Å². The van der Waals surface area contributed by atoms with Gasteiger partial charge in [0.25, 0.3) is 0 Å². The first-order valence-electron chi connectivity index (χ1n) is 6.52. The van der Waals surface area contributed by atoms with Crippen molar-refractivity contribution >= 4 is 0 Å². The van der Waals surface area contributed by atoms with E-state index < -0.39 is 0 Å². The molecule has 0 amide bonds. The molecule has 0 aromatic carbocycles. The summed E-state index contributed by atoms with van der Waals surface area (Å²) in [6.07, 6.45) is 0. The van der Waals surface area contributed by atoms with E-state index in [9.17, 15) is 0 Å². The highest BCUT2D eigenvalue weighted by Crippen LogP contribution is 2.20. The number of hydrogen-bond acceptors (Lipinski definition) is 5. The van der Waals surface area contributed by atoms with Gasteiger partial charge in [-0.3, -0.25) is 0 Å². The quantitative estimate of drug-likeness (QED) is 0.721. The van der Waals surface area contributed by atoms with Gasteiger partial charge in [0.15, 0.2) is 0 Å². The summed E-state index contributed by atoms with van der Waals surface area (Å²) in [7, 11) is 0. The summed E-state index contributed by atoms with van der Waals surface area (Å²) < 4.78 is 0. The molecule has 0 saturated carbocycles. The van der Waals surface area contributed by atoms with Crippen LogP contribution in [0.1, 0.15) is 11.4 Å². The van der Waals surface area contributed by atoms with Crippen LogP contribution in [0.5, 0.6) is 0 Å². The molecule has 0 aliphatic heterocycles. The van der Waals surface area contributed by atoms with E-state index in [0.717, 1.165) is 0 Å². The summed E-state index contributed by atoms with van der Waals surface area (Å²) in [6, 6.07) is 19.9. The minimum absolute atomic E-state index is 0.342. The van der Waals surface area contributed by atoms with E-state index in [4.69, 9.17) is 10.5 Å². The van der Waals surface area contributed by atoms with Gasteiger partial charge in [-0.25, -0.2) is 15.0 Å². The maximum absolute atomic E-state index is 8.93. The van der Waals surface area contributed by atoms with Crippen LogP contribution >= 0.6 is 0 Å². The van der Waals surface area contributed by atoms with Gasteiger partial charge in [-0.1, -0.05) is 18.2 Å². The van der Waals surface area contributed by atoms with Gasteiger partial charge in [0.2, 0.25) is 0 Å². The Kier molecular flexibility index (Phi) is 3.55. The van der Waals surface area contributed by atoms with Crippen LogP contribution in [-0.4, -0.2) is 15.0 Å². The normalized spacial score (nSPS) is 9.73. The van der Waals surface area contributed by atoms with Crippen LogP contribution < -0.4 is 0 Å². The van der Waals surface area contributed by atoms with E-state index in [0.29, 0.717) is 34.2 Å². The van der Waals surface area contributed by atoms with Crippen molar-refractivity contribution in [3.05, 3.63) is 66.0 Å². The Bertz CT molecular complexity index is 846. The van der Waals surface area contributed by atoms with Crippen LogP contribution in [0.15, 0.2) is 54.6 Å². The molecule has 0 fully saturated rings. The molecule has 0 saturated heterocycles. The summed E-state index contributed by atoms with van der Waals surface area (Å²) in [4.78, 5) is 13.0. The van der Waals surface area contributed by atoms with Crippen LogP contribution in [0.2, 0.25) is 0 Å². The second-order valence-corrected chi connectivity index (χ2v) is 4.45. The zero-order valence-corrected chi connectivity index (χ0v) is 11.4. The fourth-order valence-corrected chi connectivity index (χ4v) is 2.00. The van der Waals surface area contributed by atoms with Crippen molar-refractivity contribution in [2.45, 2.75) is 0 Å². The molecule has 3 heterocycles. The molecule has 0 aliphatic rings. The third kappa shape index (κ3) is 2.65. The molecule has 0 bridgehead atoms. The predicted octanol–water partition coefficient (Wildman–Crippen LogP) is 2.95. The summed E-state index contributed by atoms with van der Waals surface area (Å²) in [5.41, 5.74) is 3.23. The van der Waals surface area contributed by atoms with E-state index >= 15 is 0 Å². The topological polar surface area (TPSA) is 86.2 Å². The molecule has 3 aromatic heterocycles. The summed E-state index contributed by atoms with van der Waals surface area (Å²) in [5, 5.41) is 17.9. The lowest BCUT2D eigenvalue weighted by Crippen LogP contribution is -1.94. The van der Waals surface area contributed by atoms with E-state index in [1.165, 1.54) is 0 Å². The lowest BCUT2D eigenvalue weighted by Gasteiger charge is -2.04. The molecule has 0 aliphatic carbocycles. The minimum atomic E-state index is 0.342. The number of nitriles is 2. The number of nitrogens with zero attached hydrogens (tertiary/aromatic N) is 5. The fraction of sp³-hybridized carbons (Fsp3) is 0. The molecular formula is C17H9N5. The molecule has 22 heavy (non-hydrogen) atoms. The van der Waals surface area contributed by atoms with Gasteiger partial charge in [0.1, 0.15) is 23.5 Å². The van der Waals surface area contributed by atoms with Crippen molar-refractivity contribution in [1.29, 1.82) is 10.5 Å². The van der Waals surface area contributed by atoms with Crippen molar-refractivity contribution in [3.8, 4) is 34.9 Å². The van der Waals surface area contributed by atoms with Crippen LogP contribution in [0, 0.1) is 22.7 Å². The van der Waals surface area contributed by atoms with Crippen LogP contribution in [0.3, 0.4) is 0 Å². The standard InChI is InChI=1S/C17H9N5/c18-10-12-4-1-6-14(20-12)16-8-3-9-17(22-16)15-7-2-5-13(11-19)21-15/h1-9H. The lowest BCUT2D eigenvalue weighted by molar-refractivity contribution is 1.19. The fourth-order valence-electron chi connectivity index (χ4n) is 2.00. The Balaban J connectivity index is 2.06. The van der Waals surface area contributed by atoms with Crippen molar-refractivity contribution in [1.82, 2.24) is 15.0 Å². The van der Waals surface area contributed by atoms with Crippen molar-refractivity contribution in [2.75, 3.05) is 0 Å². The Labute approximate surface area is 127 Å². The molecule has 5 heteroatoms. The second kappa shape index (κ2) is 5.82. The monoisotopic (exact) mass is 283 g/mol. The molecule has 0 radical (unpaired) electrons. The highest BCUT2D eigenvalue weighted by molar-refractivity contribution is 5.62. The van der Waals surface area contributed by atoms with E-state index in [-0.39, 0.29) is 0 Å². The number of rotatable bonds is 2. The maximum atomic E-state index is 8.93. The van der Waals surface area contributed by atoms with E-state index in [2.05, 4.69) is 15.0 Å². The molecule has 102 valence electrons. The van der Waals surface area contributed by atoms with E-state index in [1.54, 1.807) is 36.4 Å². The Morgan fingerprint density at radius 3 is 1.32 bits per heavy atom. The highest BCUT2D eigenvalue weighted by atomic mass is 14.8. The van der Waals surface area contributed by atoms with Gasteiger partial charge in [-0.05, 0) is 36.4 Å². The van der Waals surface area contributed by atoms with Gasteiger partial charge < -0.3 is 0 Å². The average Bonchev–Trinajstić information content (AvgIpc) is 2.62. The zero-order chi connectivity index (χ0) is 15.4. The van der Waals surface area contributed by atoms with Crippen LogP contribution in [0.25, 0.3) is 22.8 Å². The molecule has 0 atom stereocenters. The van der Waals surface area contributed by atoms with E-state index in [1.807, 2.05) is 30.3 Å². The number of pyridine rings is 3. The molecule has 5 nitrogen and oxygen atoms in total. The minimum Gasteiger partial charge on any atom is -0.245 e.